The van der Waals surface area contributed by atoms with Gasteiger partial charge in [-0.25, -0.2) is 0 Å². The Morgan fingerprint density at radius 2 is 1.23 bits per heavy atom. The Labute approximate surface area is 179 Å². The molecule has 0 heterocycles. The summed E-state index contributed by atoms with van der Waals surface area (Å²) in [5.41, 5.74) is 2.15. The number of hydrogen-bond donors (Lipinski definition) is 2. The predicted molar refractivity (Wildman–Crippen MR) is 121 cm³/mol. The molecule has 0 aromatic heterocycles. The summed E-state index contributed by atoms with van der Waals surface area (Å²) in [5.74, 6) is -0.0272. The second kappa shape index (κ2) is 10.9. The summed E-state index contributed by atoms with van der Waals surface area (Å²) in [7, 11) is 0. The zero-order valence-corrected chi connectivity index (χ0v) is 17.2. The van der Waals surface area contributed by atoms with Crippen LogP contribution < -0.4 is 0 Å². The maximum Gasteiger partial charge on any atom is 0.143 e. The fourth-order valence-corrected chi connectivity index (χ4v) is 3.92. The molecular weight excluding hydrogens is 372 g/mol. The van der Waals surface area contributed by atoms with Crippen LogP contribution in [0.5, 0.6) is 0 Å². The molecule has 3 rings (SSSR count). The number of rotatable bonds is 11. The lowest BCUT2D eigenvalue weighted by atomic mass is 9.80. The Kier molecular flexibility index (Phi) is 7.97. The molecule has 0 saturated carbocycles. The van der Waals surface area contributed by atoms with Gasteiger partial charge in [0.1, 0.15) is 5.60 Å². The Morgan fingerprint density at radius 1 is 0.800 bits per heavy atom. The summed E-state index contributed by atoms with van der Waals surface area (Å²) in [6, 6.07) is 30.3. The Hall–Kier alpha value is -2.72. The number of hydrogen-bond acceptors (Lipinski definition) is 3. The summed E-state index contributed by atoms with van der Waals surface area (Å²) >= 11 is 0. The fourth-order valence-electron chi connectivity index (χ4n) is 3.92. The molecule has 0 aliphatic rings. The lowest BCUT2D eigenvalue weighted by Gasteiger charge is -2.36. The number of allylic oxidation sites excluding steroid dienone is 1. The number of benzene rings is 3. The number of aliphatic hydroxyl groups excluding tert-OH is 2. The molecule has 0 aliphatic carbocycles. The van der Waals surface area contributed by atoms with Gasteiger partial charge in [0.2, 0.25) is 0 Å². The van der Waals surface area contributed by atoms with E-state index in [-0.39, 0.29) is 19.1 Å². The first-order valence-electron chi connectivity index (χ1n) is 10.4. The van der Waals surface area contributed by atoms with Crippen LogP contribution in [0.4, 0.5) is 0 Å². The minimum Gasteiger partial charge on any atom is -0.396 e. The van der Waals surface area contributed by atoms with Crippen molar-refractivity contribution in [3.05, 3.63) is 120 Å². The van der Waals surface area contributed by atoms with Crippen LogP contribution in [0.1, 0.15) is 29.5 Å². The van der Waals surface area contributed by atoms with Crippen LogP contribution in [0, 0.1) is 5.92 Å². The molecule has 3 aromatic carbocycles. The molecule has 0 aliphatic heterocycles. The second-order valence-corrected chi connectivity index (χ2v) is 7.55. The van der Waals surface area contributed by atoms with Gasteiger partial charge in [0, 0.05) is 6.61 Å². The smallest absolute Gasteiger partial charge is 0.143 e. The quantitative estimate of drug-likeness (QED) is 0.353. The van der Waals surface area contributed by atoms with Crippen molar-refractivity contribution in [2.24, 2.45) is 5.92 Å². The third-order valence-corrected chi connectivity index (χ3v) is 5.40. The lowest BCUT2D eigenvalue weighted by molar-refractivity contribution is -0.0459. The topological polar surface area (TPSA) is 49.7 Å². The Balaban J connectivity index is 2.00. The van der Waals surface area contributed by atoms with Gasteiger partial charge >= 0.3 is 0 Å². The molecule has 30 heavy (non-hydrogen) atoms. The van der Waals surface area contributed by atoms with E-state index in [1.54, 1.807) is 6.08 Å². The van der Waals surface area contributed by atoms with Crippen molar-refractivity contribution in [2.75, 3.05) is 13.2 Å². The molecule has 0 amide bonds. The zero-order valence-electron chi connectivity index (χ0n) is 17.2. The average Bonchev–Trinajstić information content (AvgIpc) is 2.81. The third-order valence-electron chi connectivity index (χ3n) is 5.40. The van der Waals surface area contributed by atoms with E-state index in [4.69, 9.17) is 4.74 Å². The van der Waals surface area contributed by atoms with Crippen LogP contribution in [0.3, 0.4) is 0 Å². The van der Waals surface area contributed by atoms with Crippen molar-refractivity contribution in [2.45, 2.75) is 24.5 Å². The van der Waals surface area contributed by atoms with E-state index in [2.05, 4.69) is 43.0 Å². The molecule has 0 bridgehead atoms. The summed E-state index contributed by atoms with van der Waals surface area (Å²) < 4.78 is 6.62. The first-order chi connectivity index (χ1) is 14.7. The van der Waals surface area contributed by atoms with E-state index < -0.39 is 11.7 Å². The van der Waals surface area contributed by atoms with Crippen LogP contribution in [0.2, 0.25) is 0 Å². The zero-order chi connectivity index (χ0) is 21.2. The number of aliphatic hydroxyl groups is 2. The van der Waals surface area contributed by atoms with Crippen LogP contribution in [0.15, 0.2) is 104 Å². The third kappa shape index (κ3) is 5.06. The second-order valence-electron chi connectivity index (χ2n) is 7.55. The van der Waals surface area contributed by atoms with Gasteiger partial charge in [-0.1, -0.05) is 97.1 Å². The van der Waals surface area contributed by atoms with Gasteiger partial charge in [0.05, 0.1) is 12.7 Å². The van der Waals surface area contributed by atoms with Gasteiger partial charge in [-0.2, -0.15) is 0 Å². The lowest BCUT2D eigenvalue weighted by Crippen LogP contribution is -2.36. The van der Waals surface area contributed by atoms with Crippen molar-refractivity contribution in [1.29, 1.82) is 0 Å². The summed E-state index contributed by atoms with van der Waals surface area (Å²) in [6.07, 6.45) is 2.19. The average molecular weight is 403 g/mol. The molecule has 156 valence electrons. The highest BCUT2D eigenvalue weighted by Crippen LogP contribution is 2.40. The predicted octanol–water partition coefficient (Wildman–Crippen LogP) is 4.93. The van der Waals surface area contributed by atoms with E-state index in [9.17, 15) is 10.2 Å². The molecule has 0 unspecified atom stereocenters. The summed E-state index contributed by atoms with van der Waals surface area (Å²) in [5, 5.41) is 20.3. The summed E-state index contributed by atoms with van der Waals surface area (Å²) in [4.78, 5) is 0. The molecule has 3 nitrogen and oxygen atoms in total. The van der Waals surface area contributed by atoms with Gasteiger partial charge in [0.25, 0.3) is 0 Å². The standard InChI is InChI=1S/C27H30O3/c1-2-12-22(20-28)19-26(29)21-30-27(23-13-6-3-7-14-23,24-15-8-4-9-16-24)25-17-10-5-11-18-25/h2-11,13-18,22,26,28-29H,1,12,19-21H2/t22-,26-/m1/s1. The van der Waals surface area contributed by atoms with Crippen molar-refractivity contribution < 1.29 is 14.9 Å². The Bertz CT molecular complexity index is 781. The van der Waals surface area contributed by atoms with E-state index in [1.807, 2.05) is 54.6 Å². The molecule has 2 atom stereocenters. The van der Waals surface area contributed by atoms with Gasteiger partial charge < -0.3 is 14.9 Å². The minimum absolute atomic E-state index is 0.0181. The fraction of sp³-hybridized carbons (Fsp3) is 0.259. The van der Waals surface area contributed by atoms with Gasteiger partial charge in [-0.3, -0.25) is 0 Å². The van der Waals surface area contributed by atoms with Crippen LogP contribution in [0.25, 0.3) is 0 Å². The van der Waals surface area contributed by atoms with Crippen LogP contribution >= 0.6 is 0 Å². The highest BCUT2D eigenvalue weighted by molar-refractivity contribution is 5.47. The molecule has 3 aromatic rings. The molecule has 0 radical (unpaired) electrons. The summed E-state index contributed by atoms with van der Waals surface area (Å²) in [6.45, 7) is 3.90. The first-order valence-corrected chi connectivity index (χ1v) is 10.4. The highest BCUT2D eigenvalue weighted by atomic mass is 16.5. The maximum atomic E-state index is 10.7. The van der Waals surface area contributed by atoms with Crippen LogP contribution in [-0.2, 0) is 10.3 Å². The largest absolute Gasteiger partial charge is 0.396 e. The molecular formula is C27H30O3. The SMILES string of the molecule is C=CC[C@@H](CO)C[C@@H](O)COC(c1ccccc1)(c1ccccc1)c1ccccc1. The molecule has 2 N–H and O–H groups in total. The molecule has 0 spiro atoms. The van der Waals surface area contributed by atoms with Crippen molar-refractivity contribution >= 4 is 0 Å². The van der Waals surface area contributed by atoms with E-state index in [1.165, 1.54) is 0 Å². The van der Waals surface area contributed by atoms with Gasteiger partial charge in [0.15, 0.2) is 0 Å². The van der Waals surface area contributed by atoms with E-state index in [0.29, 0.717) is 12.8 Å². The van der Waals surface area contributed by atoms with E-state index in [0.717, 1.165) is 16.7 Å². The highest BCUT2D eigenvalue weighted by Gasteiger charge is 2.38. The van der Waals surface area contributed by atoms with E-state index >= 15 is 0 Å². The Morgan fingerprint density at radius 3 is 1.60 bits per heavy atom. The van der Waals surface area contributed by atoms with Gasteiger partial charge in [-0.05, 0) is 35.4 Å². The maximum absolute atomic E-state index is 10.7. The number of ether oxygens (including phenoxy) is 1. The first kappa shape index (κ1) is 22.0. The minimum atomic E-state index is -0.849. The molecule has 0 saturated heterocycles. The normalized spacial score (nSPS) is 13.5. The monoisotopic (exact) mass is 402 g/mol. The van der Waals surface area contributed by atoms with Crippen molar-refractivity contribution in [3.63, 3.8) is 0 Å². The molecule has 0 fully saturated rings. The van der Waals surface area contributed by atoms with Gasteiger partial charge in [-0.15, -0.1) is 6.58 Å². The molecule has 3 heteroatoms. The van der Waals surface area contributed by atoms with Crippen molar-refractivity contribution in [3.8, 4) is 0 Å². The van der Waals surface area contributed by atoms with Crippen molar-refractivity contribution in [1.82, 2.24) is 0 Å². The van der Waals surface area contributed by atoms with Crippen LogP contribution in [-0.4, -0.2) is 29.5 Å².